The molecule has 1 aliphatic heterocycles. The second-order valence-electron chi connectivity index (χ2n) is 5.03. The van der Waals surface area contributed by atoms with E-state index in [0.29, 0.717) is 10.9 Å². The molecule has 0 aliphatic carbocycles. The van der Waals surface area contributed by atoms with Gasteiger partial charge in [0.2, 0.25) is 12.7 Å². The first-order valence-corrected chi connectivity index (χ1v) is 8.37. The van der Waals surface area contributed by atoms with Crippen LogP contribution in [0.1, 0.15) is 32.3 Å². The molecule has 0 saturated heterocycles. The molecule has 0 spiro atoms. The maximum Gasteiger partial charge on any atom is 0.238 e. The molecule has 1 amide bonds. The molecule has 21 heavy (non-hydrogen) atoms. The van der Waals surface area contributed by atoms with Gasteiger partial charge in [-0.15, -0.1) is 0 Å². The topological polar surface area (TPSA) is 47.6 Å². The van der Waals surface area contributed by atoms with E-state index >= 15 is 0 Å². The molecule has 1 N–H and O–H groups in total. The fourth-order valence-corrected chi connectivity index (χ4v) is 2.98. The van der Waals surface area contributed by atoms with Crippen LogP contribution in [0.2, 0.25) is 0 Å². The molecule has 6 heteroatoms. The number of fused-ring (bicyclic) bond motifs is 1. The second-order valence-corrected chi connectivity index (χ2v) is 7.54. The maximum absolute atomic E-state index is 11.7. The van der Waals surface area contributed by atoms with Crippen molar-refractivity contribution in [2.75, 3.05) is 6.79 Å². The number of amides is 1. The molecule has 1 heterocycles. The lowest BCUT2D eigenvalue weighted by atomic mass is 10.0. The van der Waals surface area contributed by atoms with Gasteiger partial charge in [-0.2, -0.15) is 0 Å². The standard InChI is InChI=1S/C15H18BrNO3S/c1-8(2)11-5-12-13(20-7-19-12)6-14(11)21-10(4)17-15(18)9(3)16/h5-6,8-9H,4,7H2,1-3H3,(H,17,18). The fourth-order valence-electron chi connectivity index (χ4n) is 1.87. The predicted molar refractivity (Wildman–Crippen MR) is 88.2 cm³/mol. The van der Waals surface area contributed by atoms with E-state index < -0.39 is 0 Å². The Kier molecular flexibility index (Phi) is 5.22. The van der Waals surface area contributed by atoms with E-state index in [0.717, 1.165) is 22.0 Å². The van der Waals surface area contributed by atoms with Gasteiger partial charge in [0.1, 0.15) is 0 Å². The summed E-state index contributed by atoms with van der Waals surface area (Å²) in [6.45, 7) is 10.2. The molecule has 0 aromatic heterocycles. The number of hydrogen-bond donors (Lipinski definition) is 1. The van der Waals surface area contributed by atoms with Gasteiger partial charge in [0.05, 0.1) is 9.86 Å². The zero-order valence-electron chi connectivity index (χ0n) is 12.2. The van der Waals surface area contributed by atoms with Crippen molar-refractivity contribution >= 4 is 33.6 Å². The molecule has 0 radical (unpaired) electrons. The SMILES string of the molecule is C=C(NC(=O)C(C)Br)Sc1cc2c(cc1C(C)C)OCO2. The summed E-state index contributed by atoms with van der Waals surface area (Å²) in [4.78, 5) is 12.4. The van der Waals surface area contributed by atoms with Crippen molar-refractivity contribution in [3.05, 3.63) is 29.3 Å². The van der Waals surface area contributed by atoms with Crippen LogP contribution in [0.3, 0.4) is 0 Å². The number of nitrogens with one attached hydrogen (secondary N) is 1. The van der Waals surface area contributed by atoms with E-state index in [1.54, 1.807) is 6.92 Å². The van der Waals surface area contributed by atoms with Crippen LogP contribution in [0.4, 0.5) is 0 Å². The first-order chi connectivity index (χ1) is 9.88. The number of ether oxygens (including phenoxy) is 2. The van der Waals surface area contributed by atoms with Gasteiger partial charge in [-0.25, -0.2) is 0 Å². The first kappa shape index (κ1) is 16.2. The van der Waals surface area contributed by atoms with Crippen LogP contribution >= 0.6 is 27.7 Å². The average Bonchev–Trinajstić information content (AvgIpc) is 2.84. The Morgan fingerprint density at radius 1 is 1.33 bits per heavy atom. The highest BCUT2D eigenvalue weighted by Crippen LogP contribution is 2.42. The van der Waals surface area contributed by atoms with Crippen molar-refractivity contribution in [2.24, 2.45) is 0 Å². The minimum atomic E-state index is -0.254. The van der Waals surface area contributed by atoms with Crippen molar-refractivity contribution < 1.29 is 14.3 Å². The molecule has 0 bridgehead atoms. The van der Waals surface area contributed by atoms with Gasteiger partial charge in [0.15, 0.2) is 11.5 Å². The number of thioether (sulfide) groups is 1. The van der Waals surface area contributed by atoms with Crippen molar-refractivity contribution in [3.8, 4) is 11.5 Å². The normalized spacial score (nSPS) is 14.1. The highest BCUT2D eigenvalue weighted by molar-refractivity contribution is 9.10. The molecule has 4 nitrogen and oxygen atoms in total. The van der Waals surface area contributed by atoms with Crippen molar-refractivity contribution in [2.45, 2.75) is 36.4 Å². The number of benzene rings is 1. The van der Waals surface area contributed by atoms with Gasteiger partial charge in [0.25, 0.3) is 0 Å². The summed E-state index contributed by atoms with van der Waals surface area (Å²) >= 11 is 4.66. The van der Waals surface area contributed by atoms with Crippen LogP contribution in [-0.2, 0) is 4.79 Å². The minimum absolute atomic E-state index is 0.112. The second kappa shape index (κ2) is 6.75. The predicted octanol–water partition coefficient (Wildman–Crippen LogP) is 4.00. The monoisotopic (exact) mass is 371 g/mol. The summed E-state index contributed by atoms with van der Waals surface area (Å²) < 4.78 is 10.8. The summed E-state index contributed by atoms with van der Waals surface area (Å²) in [5.41, 5.74) is 1.14. The summed E-state index contributed by atoms with van der Waals surface area (Å²) in [7, 11) is 0. The molecule has 1 aromatic carbocycles. The number of rotatable bonds is 5. The van der Waals surface area contributed by atoms with Crippen LogP contribution in [0.5, 0.6) is 11.5 Å². The third-order valence-electron chi connectivity index (χ3n) is 2.98. The van der Waals surface area contributed by atoms with Gasteiger partial charge >= 0.3 is 0 Å². The highest BCUT2D eigenvalue weighted by atomic mass is 79.9. The average molecular weight is 372 g/mol. The Balaban J connectivity index is 2.19. The molecule has 1 aromatic rings. The molecular weight excluding hydrogens is 354 g/mol. The number of carbonyl (C=O) groups is 1. The smallest absolute Gasteiger partial charge is 0.238 e. The summed E-state index contributed by atoms with van der Waals surface area (Å²) in [6, 6.07) is 3.94. The molecule has 2 rings (SSSR count). The third kappa shape index (κ3) is 3.95. The molecule has 0 fully saturated rings. The third-order valence-corrected chi connectivity index (χ3v) is 4.32. The van der Waals surface area contributed by atoms with Crippen molar-refractivity contribution in [3.63, 3.8) is 0 Å². The molecular formula is C15H18BrNO3S. The van der Waals surface area contributed by atoms with Crippen LogP contribution in [0.15, 0.2) is 28.6 Å². The fraction of sp³-hybridized carbons (Fsp3) is 0.400. The largest absolute Gasteiger partial charge is 0.454 e. The highest BCUT2D eigenvalue weighted by Gasteiger charge is 2.20. The minimum Gasteiger partial charge on any atom is -0.454 e. The van der Waals surface area contributed by atoms with Crippen molar-refractivity contribution in [1.29, 1.82) is 0 Å². The van der Waals surface area contributed by atoms with Crippen LogP contribution < -0.4 is 14.8 Å². The van der Waals surface area contributed by atoms with Gasteiger partial charge in [-0.05, 0) is 30.5 Å². The Hall–Kier alpha value is -1.14. The Morgan fingerprint density at radius 2 is 1.95 bits per heavy atom. The zero-order valence-corrected chi connectivity index (χ0v) is 14.6. The van der Waals surface area contributed by atoms with Crippen LogP contribution in [0, 0.1) is 0 Å². The Morgan fingerprint density at radius 3 is 2.52 bits per heavy atom. The van der Waals surface area contributed by atoms with E-state index in [9.17, 15) is 4.79 Å². The lowest BCUT2D eigenvalue weighted by Crippen LogP contribution is -2.27. The maximum atomic E-state index is 11.7. The molecule has 1 atom stereocenters. The number of hydrogen-bond acceptors (Lipinski definition) is 4. The summed E-state index contributed by atoms with van der Waals surface area (Å²) in [5, 5.41) is 3.36. The summed E-state index contributed by atoms with van der Waals surface area (Å²) in [6.07, 6.45) is 0. The van der Waals surface area contributed by atoms with E-state index in [1.807, 2.05) is 12.1 Å². The molecule has 1 unspecified atom stereocenters. The van der Waals surface area contributed by atoms with E-state index in [1.165, 1.54) is 11.8 Å². The molecule has 0 saturated carbocycles. The quantitative estimate of drug-likeness (QED) is 0.627. The molecule has 114 valence electrons. The van der Waals surface area contributed by atoms with Crippen LogP contribution in [-0.4, -0.2) is 17.5 Å². The number of alkyl halides is 1. The van der Waals surface area contributed by atoms with Gasteiger partial charge in [-0.1, -0.05) is 48.1 Å². The zero-order chi connectivity index (χ0) is 15.6. The summed E-state index contributed by atoms with van der Waals surface area (Å²) in [5.74, 6) is 1.72. The Labute approximate surface area is 137 Å². The number of carbonyl (C=O) groups excluding carboxylic acids is 1. The first-order valence-electron chi connectivity index (χ1n) is 6.63. The number of halogens is 1. The lowest BCUT2D eigenvalue weighted by molar-refractivity contribution is -0.119. The lowest BCUT2D eigenvalue weighted by Gasteiger charge is -2.15. The van der Waals surface area contributed by atoms with E-state index in [-0.39, 0.29) is 17.5 Å². The van der Waals surface area contributed by atoms with Gasteiger partial charge < -0.3 is 14.8 Å². The van der Waals surface area contributed by atoms with Crippen molar-refractivity contribution in [1.82, 2.24) is 5.32 Å². The Bertz CT molecular complexity index is 572. The van der Waals surface area contributed by atoms with E-state index in [2.05, 4.69) is 41.7 Å². The van der Waals surface area contributed by atoms with Gasteiger partial charge in [0, 0.05) is 4.90 Å². The van der Waals surface area contributed by atoms with Crippen LogP contribution in [0.25, 0.3) is 0 Å². The molecule has 1 aliphatic rings. The van der Waals surface area contributed by atoms with Gasteiger partial charge in [-0.3, -0.25) is 4.79 Å². The van der Waals surface area contributed by atoms with E-state index in [4.69, 9.17) is 9.47 Å².